The molecule has 0 fully saturated rings. The van der Waals surface area contributed by atoms with Crippen LogP contribution in [-0.4, -0.2) is 29.9 Å². The molecule has 0 amide bonds. The lowest BCUT2D eigenvalue weighted by atomic mass is 10.1. The highest BCUT2D eigenvalue weighted by Gasteiger charge is 2.21. The zero-order chi connectivity index (χ0) is 14.7. The lowest BCUT2D eigenvalue weighted by Crippen LogP contribution is -2.00. The van der Waals surface area contributed by atoms with Gasteiger partial charge in [0.1, 0.15) is 17.0 Å². The van der Waals surface area contributed by atoms with Crippen molar-refractivity contribution in [2.75, 3.05) is 13.7 Å². The topological polar surface area (TPSA) is 81.8 Å². The van der Waals surface area contributed by atoms with E-state index in [1.807, 2.05) is 6.92 Å². The molecule has 2 aromatic rings. The molecular formula is C14H15NO5. The van der Waals surface area contributed by atoms with E-state index in [0.717, 1.165) is 0 Å². The number of methoxy groups -OCH3 is 1. The molecule has 2 rings (SSSR count). The van der Waals surface area contributed by atoms with Crippen LogP contribution in [0.5, 0.6) is 11.5 Å². The third-order valence-corrected chi connectivity index (χ3v) is 2.81. The molecule has 0 aliphatic carbocycles. The first-order valence-corrected chi connectivity index (χ1v) is 6.09. The number of carboxylic acids is 1. The van der Waals surface area contributed by atoms with Crippen molar-refractivity contribution in [3.63, 3.8) is 0 Å². The molecule has 6 nitrogen and oxygen atoms in total. The van der Waals surface area contributed by atoms with E-state index in [1.165, 1.54) is 7.11 Å². The number of ether oxygens (including phenoxy) is 2. The first-order valence-electron chi connectivity index (χ1n) is 6.09. The Morgan fingerprint density at radius 3 is 2.75 bits per heavy atom. The number of hydrogen-bond acceptors (Lipinski definition) is 5. The molecule has 1 heterocycles. The number of aromatic nitrogens is 1. The molecule has 0 aliphatic rings. The van der Waals surface area contributed by atoms with Gasteiger partial charge >= 0.3 is 5.97 Å². The van der Waals surface area contributed by atoms with E-state index in [9.17, 15) is 9.90 Å². The number of carboxylic acid groups (broad SMARTS) is 1. The van der Waals surface area contributed by atoms with Crippen LogP contribution in [0.25, 0.3) is 11.3 Å². The highest BCUT2D eigenvalue weighted by Crippen LogP contribution is 2.34. The van der Waals surface area contributed by atoms with Gasteiger partial charge in [0.25, 0.3) is 0 Å². The lowest BCUT2D eigenvalue weighted by molar-refractivity contribution is 0.0695. The van der Waals surface area contributed by atoms with Crippen LogP contribution in [0.4, 0.5) is 0 Å². The molecule has 20 heavy (non-hydrogen) atoms. The van der Waals surface area contributed by atoms with Crippen molar-refractivity contribution in [1.82, 2.24) is 5.16 Å². The average molecular weight is 277 g/mol. The van der Waals surface area contributed by atoms with Crippen LogP contribution in [-0.2, 0) is 0 Å². The maximum absolute atomic E-state index is 11.2. The molecule has 0 radical (unpaired) electrons. The summed E-state index contributed by atoms with van der Waals surface area (Å²) in [5, 5.41) is 13.0. The lowest BCUT2D eigenvalue weighted by Gasteiger charge is -2.10. The molecule has 0 saturated heterocycles. The second-order valence-electron chi connectivity index (χ2n) is 4.07. The van der Waals surface area contributed by atoms with Crippen LogP contribution >= 0.6 is 0 Å². The smallest absolute Gasteiger partial charge is 0.341 e. The monoisotopic (exact) mass is 277 g/mol. The Bertz CT molecular complexity index is 632. The van der Waals surface area contributed by atoms with Crippen molar-refractivity contribution in [2.24, 2.45) is 0 Å². The number of rotatable bonds is 5. The predicted octanol–water partition coefficient (Wildman–Crippen LogP) is 2.76. The SMILES string of the molecule is CCOc1ccc(-c2noc(C)c2C(=O)O)cc1OC. The quantitative estimate of drug-likeness (QED) is 0.904. The molecule has 0 unspecified atom stereocenters. The van der Waals surface area contributed by atoms with Crippen molar-refractivity contribution >= 4 is 5.97 Å². The number of carbonyl (C=O) groups is 1. The molecule has 1 N–H and O–H groups in total. The fourth-order valence-corrected chi connectivity index (χ4v) is 1.91. The van der Waals surface area contributed by atoms with Crippen LogP contribution in [0.2, 0.25) is 0 Å². The minimum Gasteiger partial charge on any atom is -0.493 e. The van der Waals surface area contributed by atoms with Gasteiger partial charge in [-0.1, -0.05) is 5.16 Å². The first kappa shape index (κ1) is 13.9. The highest BCUT2D eigenvalue weighted by atomic mass is 16.5. The van der Waals surface area contributed by atoms with E-state index in [4.69, 9.17) is 14.0 Å². The second kappa shape index (κ2) is 5.64. The minimum atomic E-state index is -1.08. The molecule has 1 aromatic heterocycles. The van der Waals surface area contributed by atoms with Gasteiger partial charge in [-0.2, -0.15) is 0 Å². The molecule has 0 aliphatic heterocycles. The fraction of sp³-hybridized carbons (Fsp3) is 0.286. The number of benzene rings is 1. The van der Waals surface area contributed by atoms with Crippen molar-refractivity contribution in [3.05, 3.63) is 29.5 Å². The molecule has 0 bridgehead atoms. The Labute approximate surface area is 115 Å². The summed E-state index contributed by atoms with van der Waals surface area (Å²) in [5.74, 6) is 0.295. The molecule has 106 valence electrons. The molecule has 6 heteroatoms. The van der Waals surface area contributed by atoms with Crippen molar-refractivity contribution in [1.29, 1.82) is 0 Å². The number of hydrogen-bond donors (Lipinski definition) is 1. The van der Waals surface area contributed by atoms with Crippen LogP contribution in [0.1, 0.15) is 23.0 Å². The average Bonchev–Trinajstić information content (AvgIpc) is 2.81. The molecular weight excluding hydrogens is 262 g/mol. The molecule has 0 saturated carbocycles. The van der Waals surface area contributed by atoms with Gasteiger partial charge in [0.05, 0.1) is 13.7 Å². The zero-order valence-electron chi connectivity index (χ0n) is 11.5. The summed E-state index contributed by atoms with van der Waals surface area (Å²) in [6.45, 7) is 3.95. The van der Waals surface area contributed by atoms with Crippen molar-refractivity contribution < 1.29 is 23.9 Å². The van der Waals surface area contributed by atoms with E-state index in [2.05, 4.69) is 5.16 Å². The largest absolute Gasteiger partial charge is 0.493 e. The Balaban J connectivity index is 2.51. The zero-order valence-corrected chi connectivity index (χ0v) is 11.5. The van der Waals surface area contributed by atoms with Crippen molar-refractivity contribution in [2.45, 2.75) is 13.8 Å². The summed E-state index contributed by atoms with van der Waals surface area (Å²) >= 11 is 0. The predicted molar refractivity (Wildman–Crippen MR) is 71.4 cm³/mol. The number of aryl methyl sites for hydroxylation is 1. The highest BCUT2D eigenvalue weighted by molar-refractivity contribution is 5.95. The summed E-state index contributed by atoms with van der Waals surface area (Å²) < 4.78 is 15.6. The summed E-state index contributed by atoms with van der Waals surface area (Å²) in [7, 11) is 1.52. The Hall–Kier alpha value is -2.50. The normalized spacial score (nSPS) is 10.3. The summed E-state index contributed by atoms with van der Waals surface area (Å²) in [4.78, 5) is 11.2. The Morgan fingerprint density at radius 1 is 1.40 bits per heavy atom. The maximum Gasteiger partial charge on any atom is 0.341 e. The molecule has 0 spiro atoms. The van der Waals surface area contributed by atoms with Gasteiger partial charge in [-0.25, -0.2) is 4.79 Å². The van der Waals surface area contributed by atoms with Gasteiger partial charge in [0.15, 0.2) is 11.5 Å². The third-order valence-electron chi connectivity index (χ3n) is 2.81. The summed E-state index contributed by atoms with van der Waals surface area (Å²) in [5.41, 5.74) is 0.923. The number of aromatic carboxylic acids is 1. The first-order chi connectivity index (χ1) is 9.58. The van der Waals surface area contributed by atoms with Gasteiger partial charge < -0.3 is 19.1 Å². The van der Waals surface area contributed by atoms with Gasteiger partial charge in [0, 0.05) is 5.56 Å². The van der Waals surface area contributed by atoms with Gasteiger partial charge in [-0.05, 0) is 32.0 Å². The van der Waals surface area contributed by atoms with E-state index < -0.39 is 5.97 Å². The minimum absolute atomic E-state index is 0.0520. The van der Waals surface area contributed by atoms with Crippen LogP contribution in [0.15, 0.2) is 22.7 Å². The second-order valence-corrected chi connectivity index (χ2v) is 4.07. The maximum atomic E-state index is 11.2. The van der Waals surface area contributed by atoms with E-state index in [-0.39, 0.29) is 17.0 Å². The van der Waals surface area contributed by atoms with E-state index >= 15 is 0 Å². The standard InChI is InChI=1S/C14H15NO5/c1-4-19-10-6-5-9(7-11(10)18-3)13-12(14(16)17)8(2)20-15-13/h5-7H,4H2,1-3H3,(H,16,17). The van der Waals surface area contributed by atoms with Gasteiger partial charge in [-0.3, -0.25) is 0 Å². The Morgan fingerprint density at radius 2 is 2.15 bits per heavy atom. The van der Waals surface area contributed by atoms with Crippen LogP contribution < -0.4 is 9.47 Å². The third kappa shape index (κ3) is 2.45. The van der Waals surface area contributed by atoms with E-state index in [1.54, 1.807) is 25.1 Å². The van der Waals surface area contributed by atoms with Crippen LogP contribution in [0, 0.1) is 6.92 Å². The Kier molecular flexibility index (Phi) is 3.93. The van der Waals surface area contributed by atoms with Crippen molar-refractivity contribution in [3.8, 4) is 22.8 Å². The van der Waals surface area contributed by atoms with Gasteiger partial charge in [0.2, 0.25) is 0 Å². The molecule has 0 atom stereocenters. The van der Waals surface area contributed by atoms with Crippen LogP contribution in [0.3, 0.4) is 0 Å². The fourth-order valence-electron chi connectivity index (χ4n) is 1.91. The number of nitrogens with zero attached hydrogens (tertiary/aromatic N) is 1. The van der Waals surface area contributed by atoms with E-state index in [0.29, 0.717) is 23.7 Å². The molecule has 1 aromatic carbocycles. The summed E-state index contributed by atoms with van der Waals surface area (Å²) in [6, 6.07) is 5.11. The van der Waals surface area contributed by atoms with Gasteiger partial charge in [-0.15, -0.1) is 0 Å². The summed E-state index contributed by atoms with van der Waals surface area (Å²) in [6.07, 6.45) is 0.